The summed E-state index contributed by atoms with van der Waals surface area (Å²) < 4.78 is 16.5. The zero-order chi connectivity index (χ0) is 12.8. The SMILES string of the molecule is CCCCOc1c(OC)cc(C)c(OC)c1C. The van der Waals surface area contributed by atoms with Crippen LogP contribution in [0.25, 0.3) is 0 Å². The molecular formula is C14H22O3. The number of hydrogen-bond donors (Lipinski definition) is 0. The monoisotopic (exact) mass is 238 g/mol. The van der Waals surface area contributed by atoms with Crippen LogP contribution in [0.5, 0.6) is 17.2 Å². The lowest BCUT2D eigenvalue weighted by molar-refractivity contribution is 0.283. The highest BCUT2D eigenvalue weighted by molar-refractivity contribution is 5.57. The number of ether oxygens (including phenoxy) is 3. The van der Waals surface area contributed by atoms with Gasteiger partial charge in [-0.15, -0.1) is 0 Å². The minimum Gasteiger partial charge on any atom is -0.496 e. The van der Waals surface area contributed by atoms with E-state index in [1.165, 1.54) is 0 Å². The Bertz CT molecular complexity index is 372. The van der Waals surface area contributed by atoms with E-state index in [4.69, 9.17) is 14.2 Å². The first kappa shape index (κ1) is 13.7. The van der Waals surface area contributed by atoms with Gasteiger partial charge in [-0.3, -0.25) is 0 Å². The number of unbranched alkanes of at least 4 members (excludes halogenated alkanes) is 1. The van der Waals surface area contributed by atoms with Crippen LogP contribution in [0.15, 0.2) is 6.07 Å². The summed E-state index contributed by atoms with van der Waals surface area (Å²) in [4.78, 5) is 0. The van der Waals surface area contributed by atoms with Gasteiger partial charge in [0.05, 0.1) is 20.8 Å². The van der Waals surface area contributed by atoms with Crippen LogP contribution in [-0.4, -0.2) is 20.8 Å². The van der Waals surface area contributed by atoms with E-state index in [0.717, 1.165) is 41.2 Å². The number of benzene rings is 1. The lowest BCUT2D eigenvalue weighted by Crippen LogP contribution is -2.03. The molecule has 0 heterocycles. The first-order valence-electron chi connectivity index (χ1n) is 6.00. The molecule has 1 aromatic rings. The average Bonchev–Trinajstić information content (AvgIpc) is 2.32. The van der Waals surface area contributed by atoms with Crippen molar-refractivity contribution in [3.8, 4) is 17.2 Å². The van der Waals surface area contributed by atoms with Gasteiger partial charge in [0.15, 0.2) is 11.5 Å². The molecule has 0 fully saturated rings. The molecule has 0 unspecified atom stereocenters. The Morgan fingerprint density at radius 1 is 1.06 bits per heavy atom. The molecule has 1 rings (SSSR count). The van der Waals surface area contributed by atoms with Crippen molar-refractivity contribution in [1.29, 1.82) is 0 Å². The van der Waals surface area contributed by atoms with Gasteiger partial charge in [0.2, 0.25) is 0 Å². The largest absolute Gasteiger partial charge is 0.496 e. The number of aryl methyl sites for hydroxylation is 1. The van der Waals surface area contributed by atoms with Crippen LogP contribution >= 0.6 is 0 Å². The number of rotatable bonds is 6. The van der Waals surface area contributed by atoms with E-state index in [2.05, 4.69) is 6.92 Å². The third-order valence-corrected chi connectivity index (χ3v) is 2.78. The summed E-state index contributed by atoms with van der Waals surface area (Å²) in [6.07, 6.45) is 2.16. The predicted octanol–water partition coefficient (Wildman–Crippen LogP) is 3.50. The highest BCUT2D eigenvalue weighted by Gasteiger charge is 2.15. The van der Waals surface area contributed by atoms with Gasteiger partial charge in [-0.1, -0.05) is 13.3 Å². The summed E-state index contributed by atoms with van der Waals surface area (Å²) >= 11 is 0. The first-order chi connectivity index (χ1) is 8.15. The fourth-order valence-corrected chi connectivity index (χ4v) is 1.88. The fourth-order valence-electron chi connectivity index (χ4n) is 1.88. The molecule has 0 aliphatic rings. The van der Waals surface area contributed by atoms with Crippen molar-refractivity contribution >= 4 is 0 Å². The third kappa shape index (κ3) is 3.05. The lowest BCUT2D eigenvalue weighted by atomic mass is 10.1. The van der Waals surface area contributed by atoms with Crippen molar-refractivity contribution in [2.45, 2.75) is 33.6 Å². The van der Waals surface area contributed by atoms with Gasteiger partial charge in [0, 0.05) is 5.56 Å². The summed E-state index contributed by atoms with van der Waals surface area (Å²) in [5.41, 5.74) is 2.06. The molecule has 0 spiro atoms. The highest BCUT2D eigenvalue weighted by Crippen LogP contribution is 2.39. The molecule has 0 aliphatic heterocycles. The molecule has 0 amide bonds. The van der Waals surface area contributed by atoms with E-state index in [-0.39, 0.29) is 0 Å². The van der Waals surface area contributed by atoms with Gasteiger partial charge >= 0.3 is 0 Å². The first-order valence-corrected chi connectivity index (χ1v) is 6.00. The van der Waals surface area contributed by atoms with Gasteiger partial charge in [-0.25, -0.2) is 0 Å². The maximum atomic E-state index is 5.79. The second-order valence-corrected chi connectivity index (χ2v) is 4.09. The molecule has 3 heteroatoms. The summed E-state index contributed by atoms with van der Waals surface area (Å²) in [6, 6.07) is 1.95. The number of hydrogen-bond acceptors (Lipinski definition) is 3. The Hall–Kier alpha value is -1.38. The van der Waals surface area contributed by atoms with Gasteiger partial charge < -0.3 is 14.2 Å². The Kier molecular flexibility index (Phi) is 5.13. The van der Waals surface area contributed by atoms with E-state index in [0.29, 0.717) is 6.61 Å². The van der Waals surface area contributed by atoms with Crippen molar-refractivity contribution < 1.29 is 14.2 Å². The third-order valence-electron chi connectivity index (χ3n) is 2.78. The maximum absolute atomic E-state index is 5.79. The fraction of sp³-hybridized carbons (Fsp3) is 0.571. The molecule has 0 radical (unpaired) electrons. The lowest BCUT2D eigenvalue weighted by Gasteiger charge is -2.17. The molecule has 0 saturated carbocycles. The zero-order valence-corrected chi connectivity index (χ0v) is 11.4. The zero-order valence-electron chi connectivity index (χ0n) is 11.4. The normalized spacial score (nSPS) is 10.2. The van der Waals surface area contributed by atoms with Crippen LogP contribution in [0.4, 0.5) is 0 Å². The second kappa shape index (κ2) is 6.38. The molecular weight excluding hydrogens is 216 g/mol. The van der Waals surface area contributed by atoms with Gasteiger partial charge in [-0.2, -0.15) is 0 Å². The van der Waals surface area contributed by atoms with E-state index < -0.39 is 0 Å². The van der Waals surface area contributed by atoms with Crippen LogP contribution in [0.3, 0.4) is 0 Å². The molecule has 17 heavy (non-hydrogen) atoms. The topological polar surface area (TPSA) is 27.7 Å². The van der Waals surface area contributed by atoms with Crippen molar-refractivity contribution in [2.24, 2.45) is 0 Å². The minimum absolute atomic E-state index is 0.708. The molecule has 3 nitrogen and oxygen atoms in total. The molecule has 96 valence electrons. The molecule has 0 atom stereocenters. The Balaban J connectivity index is 3.06. The van der Waals surface area contributed by atoms with E-state index >= 15 is 0 Å². The van der Waals surface area contributed by atoms with Crippen molar-refractivity contribution in [3.63, 3.8) is 0 Å². The summed E-state index contributed by atoms with van der Waals surface area (Å²) in [5.74, 6) is 2.44. The van der Waals surface area contributed by atoms with Crippen LogP contribution in [0, 0.1) is 13.8 Å². The quantitative estimate of drug-likeness (QED) is 0.710. The summed E-state index contributed by atoms with van der Waals surface area (Å²) in [7, 11) is 3.34. The van der Waals surface area contributed by atoms with Gasteiger partial charge in [0.1, 0.15) is 5.75 Å². The van der Waals surface area contributed by atoms with Gasteiger partial charge in [-0.05, 0) is 31.9 Å². The molecule has 0 saturated heterocycles. The van der Waals surface area contributed by atoms with E-state index in [1.54, 1.807) is 14.2 Å². The molecule has 1 aromatic carbocycles. The van der Waals surface area contributed by atoms with Crippen LogP contribution in [-0.2, 0) is 0 Å². The van der Waals surface area contributed by atoms with Crippen LogP contribution < -0.4 is 14.2 Å². The van der Waals surface area contributed by atoms with E-state index in [1.807, 2.05) is 19.9 Å². The number of methoxy groups -OCH3 is 2. The minimum atomic E-state index is 0.708. The molecule has 0 aliphatic carbocycles. The standard InChI is InChI=1S/C14H22O3/c1-6-7-8-17-14-11(3)13(16-5)10(2)9-12(14)15-4/h9H,6-8H2,1-5H3. The Morgan fingerprint density at radius 2 is 1.76 bits per heavy atom. The molecule has 0 aromatic heterocycles. The molecule has 0 N–H and O–H groups in total. The highest BCUT2D eigenvalue weighted by atomic mass is 16.5. The van der Waals surface area contributed by atoms with Crippen LogP contribution in [0.1, 0.15) is 30.9 Å². The predicted molar refractivity (Wildman–Crippen MR) is 69.4 cm³/mol. The average molecular weight is 238 g/mol. The van der Waals surface area contributed by atoms with E-state index in [9.17, 15) is 0 Å². The summed E-state index contributed by atoms with van der Waals surface area (Å²) in [5, 5.41) is 0. The van der Waals surface area contributed by atoms with Crippen LogP contribution in [0.2, 0.25) is 0 Å². The Labute approximate surface area is 104 Å². The summed E-state index contributed by atoms with van der Waals surface area (Å²) in [6.45, 7) is 6.85. The maximum Gasteiger partial charge on any atom is 0.167 e. The van der Waals surface area contributed by atoms with Crippen molar-refractivity contribution in [1.82, 2.24) is 0 Å². The smallest absolute Gasteiger partial charge is 0.167 e. The molecule has 0 bridgehead atoms. The second-order valence-electron chi connectivity index (χ2n) is 4.09. The van der Waals surface area contributed by atoms with Crippen molar-refractivity contribution in [2.75, 3.05) is 20.8 Å². The van der Waals surface area contributed by atoms with Crippen molar-refractivity contribution in [3.05, 3.63) is 17.2 Å². The van der Waals surface area contributed by atoms with Gasteiger partial charge in [0.25, 0.3) is 0 Å². The Morgan fingerprint density at radius 3 is 2.29 bits per heavy atom.